The van der Waals surface area contributed by atoms with Crippen molar-refractivity contribution in [3.63, 3.8) is 0 Å². The minimum absolute atomic E-state index is 0.670. The molecule has 21 heavy (non-hydrogen) atoms. The minimum Gasteiger partial charge on any atom is -0.494 e. The van der Waals surface area contributed by atoms with Gasteiger partial charge in [0.2, 0.25) is 0 Å². The molecule has 4 heteroatoms. The van der Waals surface area contributed by atoms with Crippen LogP contribution in [0.25, 0.3) is 16.9 Å². The molecule has 0 aliphatic carbocycles. The Kier molecular flexibility index (Phi) is 3.69. The Morgan fingerprint density at radius 2 is 1.71 bits per heavy atom. The number of hydrogen-bond donors (Lipinski definition) is 0. The van der Waals surface area contributed by atoms with Gasteiger partial charge in [0, 0.05) is 5.56 Å². The van der Waals surface area contributed by atoms with Gasteiger partial charge < -0.3 is 4.74 Å². The van der Waals surface area contributed by atoms with Crippen LogP contribution in [0.2, 0.25) is 0 Å². The van der Waals surface area contributed by atoms with E-state index in [-0.39, 0.29) is 0 Å². The lowest BCUT2D eigenvalue weighted by atomic mass is 10.2. The SMILES string of the molecule is CCOc1ccc(-c2cnn(-c3ccc(C)cc3)n2)cc1. The second-order valence-corrected chi connectivity index (χ2v) is 4.81. The van der Waals surface area contributed by atoms with Crippen molar-refractivity contribution in [2.24, 2.45) is 0 Å². The van der Waals surface area contributed by atoms with Gasteiger partial charge >= 0.3 is 0 Å². The maximum absolute atomic E-state index is 5.44. The highest BCUT2D eigenvalue weighted by Crippen LogP contribution is 2.20. The minimum atomic E-state index is 0.670. The van der Waals surface area contributed by atoms with Crippen molar-refractivity contribution in [1.29, 1.82) is 0 Å². The molecule has 0 unspecified atom stereocenters. The number of nitrogens with zero attached hydrogens (tertiary/aromatic N) is 3. The molecular weight excluding hydrogens is 262 g/mol. The molecule has 0 aliphatic heterocycles. The van der Waals surface area contributed by atoms with E-state index in [0.717, 1.165) is 22.7 Å². The molecule has 0 atom stereocenters. The summed E-state index contributed by atoms with van der Waals surface area (Å²) in [6.07, 6.45) is 1.77. The molecule has 0 aliphatic rings. The normalized spacial score (nSPS) is 10.6. The van der Waals surface area contributed by atoms with Crippen molar-refractivity contribution in [3.8, 4) is 22.7 Å². The van der Waals surface area contributed by atoms with Crippen molar-refractivity contribution in [3.05, 3.63) is 60.3 Å². The summed E-state index contributed by atoms with van der Waals surface area (Å²) in [5.74, 6) is 0.868. The van der Waals surface area contributed by atoms with E-state index in [9.17, 15) is 0 Å². The topological polar surface area (TPSA) is 39.9 Å². The fourth-order valence-corrected chi connectivity index (χ4v) is 2.09. The summed E-state index contributed by atoms with van der Waals surface area (Å²) in [5.41, 5.74) is 4.05. The largest absolute Gasteiger partial charge is 0.494 e. The molecule has 1 heterocycles. The monoisotopic (exact) mass is 279 g/mol. The zero-order valence-electron chi connectivity index (χ0n) is 12.2. The Hall–Kier alpha value is -2.62. The lowest BCUT2D eigenvalue weighted by Crippen LogP contribution is -1.98. The molecule has 0 saturated carbocycles. The van der Waals surface area contributed by atoms with E-state index < -0.39 is 0 Å². The smallest absolute Gasteiger partial charge is 0.119 e. The zero-order valence-corrected chi connectivity index (χ0v) is 12.2. The molecule has 1 aromatic heterocycles. The fourth-order valence-electron chi connectivity index (χ4n) is 2.09. The first-order valence-corrected chi connectivity index (χ1v) is 6.99. The van der Waals surface area contributed by atoms with Gasteiger partial charge in [0.1, 0.15) is 11.4 Å². The Labute approximate surface area is 124 Å². The van der Waals surface area contributed by atoms with E-state index in [0.29, 0.717) is 6.61 Å². The van der Waals surface area contributed by atoms with Crippen molar-refractivity contribution in [1.82, 2.24) is 15.0 Å². The van der Waals surface area contributed by atoms with Gasteiger partial charge in [-0.3, -0.25) is 0 Å². The lowest BCUT2D eigenvalue weighted by Gasteiger charge is -2.03. The molecule has 0 bridgehead atoms. The molecule has 3 aromatic rings. The molecule has 106 valence electrons. The quantitative estimate of drug-likeness (QED) is 0.732. The van der Waals surface area contributed by atoms with Gasteiger partial charge in [0.15, 0.2) is 0 Å². The van der Waals surface area contributed by atoms with Gasteiger partial charge in [-0.15, -0.1) is 5.10 Å². The molecule has 0 fully saturated rings. The number of hydrogen-bond acceptors (Lipinski definition) is 3. The van der Waals surface area contributed by atoms with Gasteiger partial charge in [-0.05, 0) is 50.2 Å². The molecular formula is C17H17N3O. The standard InChI is InChI=1S/C17H17N3O/c1-3-21-16-10-6-14(7-11-16)17-12-18-20(19-17)15-8-4-13(2)5-9-15/h4-12H,3H2,1-2H3. The van der Waals surface area contributed by atoms with E-state index in [1.165, 1.54) is 5.56 Å². The van der Waals surface area contributed by atoms with Crippen LogP contribution in [0, 0.1) is 6.92 Å². The molecule has 4 nitrogen and oxygen atoms in total. The van der Waals surface area contributed by atoms with E-state index >= 15 is 0 Å². The van der Waals surface area contributed by atoms with Crippen molar-refractivity contribution < 1.29 is 4.74 Å². The molecule has 0 amide bonds. The van der Waals surface area contributed by atoms with Crippen LogP contribution >= 0.6 is 0 Å². The highest BCUT2D eigenvalue weighted by Gasteiger charge is 2.05. The predicted octanol–water partition coefficient (Wildman–Crippen LogP) is 3.64. The summed E-state index contributed by atoms with van der Waals surface area (Å²) in [7, 11) is 0. The molecule has 2 aromatic carbocycles. The van der Waals surface area contributed by atoms with Gasteiger partial charge in [-0.25, -0.2) is 0 Å². The lowest BCUT2D eigenvalue weighted by molar-refractivity contribution is 0.340. The van der Waals surface area contributed by atoms with Gasteiger partial charge in [-0.2, -0.15) is 9.90 Å². The summed E-state index contributed by atoms with van der Waals surface area (Å²) in [6, 6.07) is 16.0. The van der Waals surface area contributed by atoms with Crippen LogP contribution in [0.4, 0.5) is 0 Å². The summed E-state index contributed by atoms with van der Waals surface area (Å²) >= 11 is 0. The van der Waals surface area contributed by atoms with E-state index in [4.69, 9.17) is 4.74 Å². The van der Waals surface area contributed by atoms with Gasteiger partial charge in [0.05, 0.1) is 18.5 Å². The molecule has 0 radical (unpaired) electrons. The van der Waals surface area contributed by atoms with Gasteiger partial charge in [0.25, 0.3) is 0 Å². The van der Waals surface area contributed by atoms with Crippen LogP contribution in [0.1, 0.15) is 12.5 Å². The number of aromatic nitrogens is 3. The highest BCUT2D eigenvalue weighted by molar-refractivity contribution is 5.59. The third-order valence-electron chi connectivity index (χ3n) is 3.22. The van der Waals surface area contributed by atoms with Crippen molar-refractivity contribution in [2.45, 2.75) is 13.8 Å². The summed E-state index contributed by atoms with van der Waals surface area (Å²) < 4.78 is 5.44. The number of ether oxygens (including phenoxy) is 1. The first-order chi connectivity index (χ1) is 10.3. The molecule has 0 saturated heterocycles. The number of aryl methyl sites for hydroxylation is 1. The average Bonchev–Trinajstić information content (AvgIpc) is 2.99. The number of rotatable bonds is 4. The van der Waals surface area contributed by atoms with Crippen LogP contribution < -0.4 is 4.74 Å². The number of benzene rings is 2. The molecule has 0 spiro atoms. The zero-order chi connectivity index (χ0) is 14.7. The second kappa shape index (κ2) is 5.79. The van der Waals surface area contributed by atoms with E-state index in [1.54, 1.807) is 11.0 Å². The maximum Gasteiger partial charge on any atom is 0.119 e. The Balaban J connectivity index is 1.85. The first-order valence-electron chi connectivity index (χ1n) is 6.99. The first kappa shape index (κ1) is 13.4. The summed E-state index contributed by atoms with van der Waals surface area (Å²) in [5, 5.41) is 8.85. The molecule has 3 rings (SSSR count). The van der Waals surface area contributed by atoms with Crippen LogP contribution in [0.5, 0.6) is 5.75 Å². The van der Waals surface area contributed by atoms with E-state index in [1.807, 2.05) is 43.3 Å². The van der Waals surface area contributed by atoms with Gasteiger partial charge in [-0.1, -0.05) is 17.7 Å². The third kappa shape index (κ3) is 2.94. The maximum atomic E-state index is 5.44. The van der Waals surface area contributed by atoms with Crippen LogP contribution in [-0.4, -0.2) is 21.6 Å². The second-order valence-electron chi connectivity index (χ2n) is 4.81. The predicted molar refractivity (Wildman–Crippen MR) is 82.7 cm³/mol. The molecule has 0 N–H and O–H groups in total. The van der Waals surface area contributed by atoms with Crippen LogP contribution in [0.15, 0.2) is 54.7 Å². The summed E-state index contributed by atoms with van der Waals surface area (Å²) in [4.78, 5) is 1.64. The van der Waals surface area contributed by atoms with Crippen LogP contribution in [0.3, 0.4) is 0 Å². The Morgan fingerprint density at radius 3 is 2.38 bits per heavy atom. The van der Waals surface area contributed by atoms with Crippen molar-refractivity contribution >= 4 is 0 Å². The van der Waals surface area contributed by atoms with E-state index in [2.05, 4.69) is 29.3 Å². The summed E-state index contributed by atoms with van der Waals surface area (Å²) in [6.45, 7) is 4.70. The van der Waals surface area contributed by atoms with Crippen molar-refractivity contribution in [2.75, 3.05) is 6.61 Å². The average molecular weight is 279 g/mol. The Morgan fingerprint density at radius 1 is 1.00 bits per heavy atom. The fraction of sp³-hybridized carbons (Fsp3) is 0.176. The highest BCUT2D eigenvalue weighted by atomic mass is 16.5. The Bertz CT molecular complexity index is 715. The third-order valence-corrected chi connectivity index (χ3v) is 3.22. The van der Waals surface area contributed by atoms with Crippen LogP contribution in [-0.2, 0) is 0 Å².